The Morgan fingerprint density at radius 1 is 1.50 bits per heavy atom. The van der Waals surface area contributed by atoms with Crippen molar-refractivity contribution in [3.8, 4) is 0 Å². The van der Waals surface area contributed by atoms with Crippen LogP contribution in [-0.2, 0) is 16.1 Å². The van der Waals surface area contributed by atoms with Gasteiger partial charge in [0, 0.05) is 13.3 Å². The van der Waals surface area contributed by atoms with Crippen molar-refractivity contribution in [1.29, 1.82) is 0 Å². The molecule has 0 saturated carbocycles. The van der Waals surface area contributed by atoms with Crippen LogP contribution in [0.5, 0.6) is 0 Å². The summed E-state index contributed by atoms with van der Waals surface area (Å²) in [6, 6.07) is 3.75. The maximum atomic E-state index is 11.4. The zero-order chi connectivity index (χ0) is 11.5. The minimum Gasteiger partial charge on any atom is -0.464 e. The van der Waals surface area contributed by atoms with E-state index < -0.39 is 5.97 Å². The van der Waals surface area contributed by atoms with Gasteiger partial charge >= 0.3 is 5.97 Å². The Balaban J connectivity index is 2.46. The molecule has 2 aromatic rings. The van der Waals surface area contributed by atoms with Crippen molar-refractivity contribution in [3.05, 3.63) is 35.8 Å². The average Bonchev–Trinajstić information content (AvgIpc) is 2.71. The number of carbonyl (C=O) groups excluding carboxylic acids is 1. The topological polar surface area (TPSA) is 52.8 Å². The second kappa shape index (κ2) is 4.32. The highest BCUT2D eigenvalue weighted by Gasteiger charge is 2.11. The molecule has 0 saturated heterocycles. The van der Waals surface area contributed by atoms with E-state index in [0.29, 0.717) is 17.9 Å². The Bertz CT molecular complexity index is 519. The van der Waals surface area contributed by atoms with Crippen LogP contribution in [0.1, 0.15) is 16.1 Å². The number of carbonyl (C=O) groups is 1. The van der Waals surface area contributed by atoms with Crippen molar-refractivity contribution in [1.82, 2.24) is 9.38 Å². The van der Waals surface area contributed by atoms with Gasteiger partial charge in [0.15, 0.2) is 5.69 Å². The fourth-order valence-corrected chi connectivity index (χ4v) is 1.53. The Kier molecular flexibility index (Phi) is 2.87. The van der Waals surface area contributed by atoms with E-state index in [2.05, 4.69) is 9.72 Å². The van der Waals surface area contributed by atoms with E-state index in [1.165, 1.54) is 13.3 Å². The van der Waals surface area contributed by atoms with E-state index in [9.17, 15) is 4.79 Å². The number of pyridine rings is 1. The number of hydrogen-bond acceptors (Lipinski definition) is 4. The van der Waals surface area contributed by atoms with Crippen molar-refractivity contribution in [2.75, 3.05) is 14.2 Å². The van der Waals surface area contributed by atoms with Gasteiger partial charge in [-0.25, -0.2) is 9.78 Å². The predicted molar refractivity (Wildman–Crippen MR) is 57.2 cm³/mol. The van der Waals surface area contributed by atoms with Crippen LogP contribution < -0.4 is 0 Å². The average molecular weight is 220 g/mol. The monoisotopic (exact) mass is 220 g/mol. The van der Waals surface area contributed by atoms with Crippen molar-refractivity contribution in [2.24, 2.45) is 0 Å². The summed E-state index contributed by atoms with van der Waals surface area (Å²) in [6.45, 7) is 0.525. The van der Waals surface area contributed by atoms with E-state index in [0.717, 1.165) is 5.56 Å². The van der Waals surface area contributed by atoms with Gasteiger partial charge in [-0.1, -0.05) is 0 Å². The van der Waals surface area contributed by atoms with E-state index >= 15 is 0 Å². The van der Waals surface area contributed by atoms with Crippen molar-refractivity contribution in [2.45, 2.75) is 6.61 Å². The molecule has 2 heterocycles. The molecule has 0 fully saturated rings. The first kappa shape index (κ1) is 10.6. The van der Waals surface area contributed by atoms with Gasteiger partial charge < -0.3 is 9.47 Å². The Labute approximate surface area is 92.6 Å². The molecule has 2 aromatic heterocycles. The molecule has 0 aromatic carbocycles. The fourth-order valence-electron chi connectivity index (χ4n) is 1.53. The van der Waals surface area contributed by atoms with E-state index in [4.69, 9.17) is 4.74 Å². The lowest BCUT2D eigenvalue weighted by Gasteiger charge is -2.02. The quantitative estimate of drug-likeness (QED) is 0.731. The van der Waals surface area contributed by atoms with Gasteiger partial charge in [0.1, 0.15) is 5.65 Å². The second-order valence-electron chi connectivity index (χ2n) is 3.33. The van der Waals surface area contributed by atoms with Crippen LogP contribution in [0.3, 0.4) is 0 Å². The largest absolute Gasteiger partial charge is 0.464 e. The third-order valence-corrected chi connectivity index (χ3v) is 2.28. The summed E-state index contributed by atoms with van der Waals surface area (Å²) in [5.74, 6) is -0.396. The van der Waals surface area contributed by atoms with Gasteiger partial charge in [-0.05, 0) is 17.7 Å². The lowest BCUT2D eigenvalue weighted by atomic mass is 10.3. The first-order valence-electron chi connectivity index (χ1n) is 4.79. The summed E-state index contributed by atoms with van der Waals surface area (Å²) >= 11 is 0. The summed E-state index contributed by atoms with van der Waals surface area (Å²) in [5, 5.41) is 0. The molecule has 84 valence electrons. The zero-order valence-electron chi connectivity index (χ0n) is 9.14. The molecule has 0 N–H and O–H groups in total. The summed E-state index contributed by atoms with van der Waals surface area (Å²) in [6.07, 6.45) is 3.28. The molecular formula is C11H12N2O3. The van der Waals surface area contributed by atoms with Crippen LogP contribution in [0.25, 0.3) is 5.65 Å². The minimum atomic E-state index is -0.396. The first-order valence-corrected chi connectivity index (χ1v) is 4.79. The van der Waals surface area contributed by atoms with Crippen LogP contribution in [0.2, 0.25) is 0 Å². The molecule has 0 aliphatic heterocycles. The summed E-state index contributed by atoms with van der Waals surface area (Å²) in [4.78, 5) is 15.5. The first-order chi connectivity index (χ1) is 7.76. The van der Waals surface area contributed by atoms with Gasteiger partial charge in [-0.2, -0.15) is 0 Å². The predicted octanol–water partition coefficient (Wildman–Crippen LogP) is 1.27. The van der Waals surface area contributed by atoms with E-state index in [1.54, 1.807) is 17.7 Å². The number of hydrogen-bond donors (Lipinski definition) is 0. The smallest absolute Gasteiger partial charge is 0.356 e. The molecular weight excluding hydrogens is 208 g/mol. The van der Waals surface area contributed by atoms with Crippen molar-refractivity contribution >= 4 is 11.6 Å². The Morgan fingerprint density at radius 2 is 2.31 bits per heavy atom. The number of esters is 1. The number of fused-ring (bicyclic) bond motifs is 1. The van der Waals surface area contributed by atoms with Crippen molar-refractivity contribution in [3.63, 3.8) is 0 Å². The van der Waals surface area contributed by atoms with Crippen LogP contribution in [0.4, 0.5) is 0 Å². The molecule has 5 nitrogen and oxygen atoms in total. The van der Waals surface area contributed by atoms with Crippen LogP contribution >= 0.6 is 0 Å². The van der Waals surface area contributed by atoms with E-state index in [-0.39, 0.29) is 0 Å². The van der Waals surface area contributed by atoms with Gasteiger partial charge in [0.2, 0.25) is 0 Å². The summed E-state index contributed by atoms with van der Waals surface area (Å²) < 4.78 is 11.4. The van der Waals surface area contributed by atoms with Crippen LogP contribution in [0.15, 0.2) is 24.5 Å². The summed E-state index contributed by atoms with van der Waals surface area (Å²) in [5.41, 5.74) is 2.13. The number of rotatable bonds is 3. The number of ether oxygens (including phenoxy) is 2. The van der Waals surface area contributed by atoms with Crippen LogP contribution in [0, 0.1) is 0 Å². The highest BCUT2D eigenvalue weighted by Crippen LogP contribution is 2.11. The molecule has 5 heteroatoms. The normalized spacial score (nSPS) is 10.6. The van der Waals surface area contributed by atoms with Crippen LogP contribution in [-0.4, -0.2) is 29.6 Å². The fraction of sp³-hybridized carbons (Fsp3) is 0.273. The second-order valence-corrected chi connectivity index (χ2v) is 3.33. The van der Waals surface area contributed by atoms with Gasteiger partial charge in [-0.15, -0.1) is 0 Å². The van der Waals surface area contributed by atoms with Gasteiger partial charge in [0.25, 0.3) is 0 Å². The molecule has 0 radical (unpaired) electrons. The van der Waals surface area contributed by atoms with E-state index in [1.807, 2.05) is 12.1 Å². The zero-order valence-corrected chi connectivity index (χ0v) is 9.14. The third-order valence-electron chi connectivity index (χ3n) is 2.28. The highest BCUT2D eigenvalue weighted by molar-refractivity contribution is 5.88. The maximum Gasteiger partial charge on any atom is 0.356 e. The molecule has 0 bridgehead atoms. The molecule has 0 amide bonds. The number of methoxy groups -OCH3 is 2. The molecule has 0 aliphatic rings. The molecule has 0 unspecified atom stereocenters. The number of nitrogens with zero attached hydrogens (tertiary/aromatic N) is 2. The van der Waals surface area contributed by atoms with Crippen molar-refractivity contribution < 1.29 is 14.3 Å². The molecule has 2 rings (SSSR count). The maximum absolute atomic E-state index is 11.4. The minimum absolute atomic E-state index is 0.396. The third kappa shape index (κ3) is 1.77. The Hall–Kier alpha value is -1.88. The SMILES string of the molecule is COCc1ccn2c(C(=O)OC)cnc2c1. The highest BCUT2D eigenvalue weighted by atomic mass is 16.5. The lowest BCUT2D eigenvalue weighted by Crippen LogP contribution is -2.05. The lowest BCUT2D eigenvalue weighted by molar-refractivity contribution is 0.0593. The Morgan fingerprint density at radius 3 is 3.00 bits per heavy atom. The number of imidazole rings is 1. The number of aromatic nitrogens is 2. The van der Waals surface area contributed by atoms with Gasteiger partial charge in [0.05, 0.1) is 19.9 Å². The standard InChI is InChI=1S/C11H12N2O3/c1-15-7-8-3-4-13-9(11(14)16-2)6-12-10(13)5-8/h3-6H,7H2,1-2H3. The molecule has 16 heavy (non-hydrogen) atoms. The molecule has 0 spiro atoms. The van der Waals surface area contributed by atoms with Gasteiger partial charge in [-0.3, -0.25) is 4.40 Å². The summed E-state index contributed by atoms with van der Waals surface area (Å²) in [7, 11) is 2.98. The molecule has 0 aliphatic carbocycles. The molecule has 0 atom stereocenters.